The van der Waals surface area contributed by atoms with E-state index in [1.54, 1.807) is 24.3 Å². The summed E-state index contributed by atoms with van der Waals surface area (Å²) in [6, 6.07) is 10.8. The van der Waals surface area contributed by atoms with Crippen molar-refractivity contribution in [2.75, 3.05) is 30.7 Å². The first-order valence-corrected chi connectivity index (χ1v) is 11.6. The van der Waals surface area contributed by atoms with Gasteiger partial charge in [-0.05, 0) is 81.4 Å². The number of alkyl halides is 3. The van der Waals surface area contributed by atoms with Gasteiger partial charge < -0.3 is 16.0 Å². The quantitative estimate of drug-likeness (QED) is 0.339. The summed E-state index contributed by atoms with van der Waals surface area (Å²) in [5.74, 6) is 1.07. The molecule has 1 unspecified atom stereocenters. The van der Waals surface area contributed by atoms with Crippen LogP contribution in [0.4, 0.5) is 24.7 Å². The van der Waals surface area contributed by atoms with Crippen molar-refractivity contribution in [1.29, 1.82) is 0 Å². The number of nitrogen functional groups attached to an aromatic ring is 1. The fourth-order valence-electron chi connectivity index (χ4n) is 3.80. The van der Waals surface area contributed by atoms with E-state index >= 15 is 0 Å². The van der Waals surface area contributed by atoms with Crippen LogP contribution in [0.2, 0.25) is 0 Å². The number of fused-ring (bicyclic) bond motifs is 1. The smallest absolute Gasteiger partial charge is 0.399 e. The van der Waals surface area contributed by atoms with E-state index in [-0.39, 0.29) is 6.04 Å². The van der Waals surface area contributed by atoms with E-state index in [9.17, 15) is 13.2 Å². The number of aromatic nitrogens is 2. The summed E-state index contributed by atoms with van der Waals surface area (Å²) in [6.07, 6.45) is 0.858. The Hall–Kier alpha value is -3.13. The topological polar surface area (TPSA) is 67.1 Å². The first kappa shape index (κ1) is 25.5. The second-order valence-corrected chi connectivity index (χ2v) is 8.38. The molecule has 0 saturated heterocycles. The molecule has 0 spiro atoms. The highest BCUT2D eigenvalue weighted by atomic mass is 19.4. The molecule has 0 aliphatic heterocycles. The highest BCUT2D eigenvalue weighted by Crippen LogP contribution is 2.30. The van der Waals surface area contributed by atoms with Gasteiger partial charge in [-0.2, -0.15) is 13.2 Å². The number of benzene rings is 2. The lowest BCUT2D eigenvalue weighted by Gasteiger charge is -2.20. The zero-order valence-corrected chi connectivity index (χ0v) is 19.9. The van der Waals surface area contributed by atoms with Crippen LogP contribution in [0.25, 0.3) is 23.1 Å². The Morgan fingerprint density at radius 3 is 2.53 bits per heavy atom. The third kappa shape index (κ3) is 6.93. The number of rotatable bonds is 10. The van der Waals surface area contributed by atoms with Gasteiger partial charge in [-0.3, -0.25) is 0 Å². The van der Waals surface area contributed by atoms with Gasteiger partial charge in [0.1, 0.15) is 5.82 Å². The summed E-state index contributed by atoms with van der Waals surface area (Å²) in [5.41, 5.74) is 7.06. The van der Waals surface area contributed by atoms with Crippen LogP contribution in [0.3, 0.4) is 0 Å². The largest absolute Gasteiger partial charge is 0.416 e. The van der Waals surface area contributed by atoms with Gasteiger partial charge >= 0.3 is 6.18 Å². The van der Waals surface area contributed by atoms with Crippen LogP contribution < -0.4 is 11.1 Å². The molecule has 0 amide bonds. The lowest BCUT2D eigenvalue weighted by atomic mass is 10.1. The molecule has 0 fully saturated rings. The van der Waals surface area contributed by atoms with Crippen molar-refractivity contribution >= 4 is 34.6 Å². The van der Waals surface area contributed by atoms with Gasteiger partial charge in [-0.25, -0.2) is 9.97 Å². The number of halogens is 3. The first-order valence-electron chi connectivity index (χ1n) is 11.6. The van der Waals surface area contributed by atoms with E-state index in [1.165, 1.54) is 6.07 Å². The number of hydrogen-bond acceptors (Lipinski definition) is 5. The molecule has 1 aromatic heterocycles. The fourth-order valence-corrected chi connectivity index (χ4v) is 3.80. The van der Waals surface area contributed by atoms with E-state index < -0.39 is 11.7 Å². The minimum atomic E-state index is -4.39. The molecule has 1 heterocycles. The summed E-state index contributed by atoms with van der Waals surface area (Å²) >= 11 is 0. The Labute approximate surface area is 198 Å². The van der Waals surface area contributed by atoms with E-state index in [0.717, 1.165) is 50.0 Å². The third-order valence-corrected chi connectivity index (χ3v) is 5.76. The lowest BCUT2D eigenvalue weighted by molar-refractivity contribution is -0.137. The van der Waals surface area contributed by atoms with Crippen molar-refractivity contribution in [2.45, 2.75) is 45.8 Å². The predicted molar refractivity (Wildman–Crippen MR) is 134 cm³/mol. The van der Waals surface area contributed by atoms with Crippen LogP contribution in [-0.4, -0.2) is 40.5 Å². The maximum absolute atomic E-state index is 13.0. The van der Waals surface area contributed by atoms with Crippen LogP contribution in [-0.2, 0) is 6.18 Å². The highest BCUT2D eigenvalue weighted by Gasteiger charge is 2.30. The van der Waals surface area contributed by atoms with Gasteiger partial charge in [0.15, 0.2) is 5.82 Å². The molecule has 182 valence electrons. The Morgan fingerprint density at radius 2 is 1.82 bits per heavy atom. The Kier molecular flexibility index (Phi) is 8.50. The summed E-state index contributed by atoms with van der Waals surface area (Å²) in [7, 11) is 0. The number of anilines is 2. The third-order valence-electron chi connectivity index (χ3n) is 5.76. The summed E-state index contributed by atoms with van der Waals surface area (Å²) in [5, 5.41) is 4.29. The minimum Gasteiger partial charge on any atom is -0.399 e. The number of nitrogens with two attached hydrogens (primary N) is 1. The molecule has 0 saturated carbocycles. The van der Waals surface area contributed by atoms with Crippen LogP contribution in [0, 0.1) is 0 Å². The molecular weight excluding hydrogens is 439 g/mol. The van der Waals surface area contributed by atoms with Crippen molar-refractivity contribution < 1.29 is 13.2 Å². The molecule has 0 bridgehead atoms. The summed E-state index contributed by atoms with van der Waals surface area (Å²) in [6.45, 7) is 9.56. The number of hydrogen-bond donors (Lipinski definition) is 2. The lowest BCUT2D eigenvalue weighted by Crippen LogP contribution is -2.25. The van der Waals surface area contributed by atoms with Crippen LogP contribution in [0.15, 0.2) is 42.5 Å². The zero-order valence-electron chi connectivity index (χ0n) is 19.9. The molecule has 3 aromatic rings. The van der Waals surface area contributed by atoms with Crippen LogP contribution >= 0.6 is 0 Å². The van der Waals surface area contributed by atoms with Gasteiger partial charge in [0.05, 0.1) is 11.1 Å². The standard InChI is InChI=1S/C26H32F3N5/c1-4-34(5-2)15-7-8-18(3)31-25-22-17-21(30)12-13-23(22)32-24(33-25)14-11-19-9-6-10-20(16-19)26(27,28)29/h6,9-14,16-18H,4-5,7-8,15,30H2,1-3H3,(H,31,32,33)/b14-11+. The highest BCUT2D eigenvalue weighted by molar-refractivity contribution is 5.92. The van der Waals surface area contributed by atoms with E-state index in [1.807, 2.05) is 12.1 Å². The molecule has 2 aromatic carbocycles. The molecule has 34 heavy (non-hydrogen) atoms. The van der Waals surface area contributed by atoms with Crippen molar-refractivity contribution in [3.63, 3.8) is 0 Å². The monoisotopic (exact) mass is 471 g/mol. The molecule has 0 aliphatic rings. The maximum Gasteiger partial charge on any atom is 0.416 e. The maximum atomic E-state index is 13.0. The van der Waals surface area contributed by atoms with E-state index in [4.69, 9.17) is 5.73 Å². The molecule has 3 rings (SSSR count). The van der Waals surface area contributed by atoms with Gasteiger partial charge in [-0.15, -0.1) is 0 Å². The molecule has 3 N–H and O–H groups in total. The molecule has 5 nitrogen and oxygen atoms in total. The first-order chi connectivity index (χ1) is 16.2. The second-order valence-electron chi connectivity index (χ2n) is 8.38. The Bertz CT molecular complexity index is 1120. The molecular formula is C26H32F3N5. The molecule has 0 radical (unpaired) electrons. The normalized spacial score (nSPS) is 13.1. The zero-order chi connectivity index (χ0) is 24.7. The van der Waals surface area contributed by atoms with Gasteiger partial charge in [0, 0.05) is 17.1 Å². The van der Waals surface area contributed by atoms with Crippen LogP contribution in [0.5, 0.6) is 0 Å². The molecule has 8 heteroatoms. The average molecular weight is 472 g/mol. The fraction of sp³-hybridized carbons (Fsp3) is 0.385. The average Bonchev–Trinajstić information content (AvgIpc) is 2.80. The number of nitrogens with zero attached hydrogens (tertiary/aromatic N) is 3. The van der Waals surface area contributed by atoms with Crippen molar-refractivity contribution in [1.82, 2.24) is 14.9 Å². The SMILES string of the molecule is CCN(CC)CCCC(C)Nc1nc(/C=C/c2cccc(C(F)(F)F)c2)nc2ccc(N)cc12. The Morgan fingerprint density at radius 1 is 1.06 bits per heavy atom. The number of nitrogens with one attached hydrogen (secondary N) is 1. The van der Waals surface area contributed by atoms with Crippen molar-refractivity contribution in [3.05, 3.63) is 59.4 Å². The molecule has 1 atom stereocenters. The summed E-state index contributed by atoms with van der Waals surface area (Å²) in [4.78, 5) is 11.6. The second kappa shape index (κ2) is 11.3. The van der Waals surface area contributed by atoms with Crippen LogP contribution in [0.1, 0.15) is 50.6 Å². The van der Waals surface area contributed by atoms with Gasteiger partial charge in [0.2, 0.25) is 0 Å². The van der Waals surface area contributed by atoms with E-state index in [2.05, 4.69) is 41.0 Å². The molecule has 0 aliphatic carbocycles. The van der Waals surface area contributed by atoms with Gasteiger partial charge in [0.25, 0.3) is 0 Å². The Balaban J connectivity index is 1.83. The van der Waals surface area contributed by atoms with Crippen molar-refractivity contribution in [3.8, 4) is 0 Å². The van der Waals surface area contributed by atoms with Crippen molar-refractivity contribution in [2.24, 2.45) is 0 Å². The van der Waals surface area contributed by atoms with E-state index in [0.29, 0.717) is 28.4 Å². The summed E-state index contributed by atoms with van der Waals surface area (Å²) < 4.78 is 39.0. The van der Waals surface area contributed by atoms with Gasteiger partial charge in [-0.1, -0.05) is 32.1 Å². The minimum absolute atomic E-state index is 0.176. The predicted octanol–water partition coefficient (Wildman–Crippen LogP) is 6.32.